The molecule has 11 heteroatoms. The molecule has 0 saturated heterocycles. The summed E-state index contributed by atoms with van der Waals surface area (Å²) in [5.74, 6) is 0.0355. The minimum atomic E-state index is -0.445. The summed E-state index contributed by atoms with van der Waals surface area (Å²) in [5.41, 5.74) is 0.806. The second kappa shape index (κ2) is 12.4. The molecular formula is C24H24Cl3N5O2S. The Balaban J connectivity index is 1.77. The number of carbonyl (C=O) groups excluding carboxylic acids is 2. The maximum Gasteiger partial charge on any atom is 0.253 e. The number of benzene rings is 2. The lowest BCUT2D eigenvalue weighted by atomic mass is 10.0. The summed E-state index contributed by atoms with van der Waals surface area (Å²) in [6.45, 7) is 8.16. The molecule has 0 aliphatic heterocycles. The molecule has 2 aromatic carbocycles. The SMILES string of the molecule is C=CCn1c(SCC(=O)Nc2cccc(Cl)c2Cl)nnc1C(NC(=O)c1ccccc1Cl)C(C)C. The maximum atomic E-state index is 12.9. The molecule has 3 rings (SSSR count). The molecule has 184 valence electrons. The van der Waals surface area contributed by atoms with E-state index in [0.29, 0.717) is 38.8 Å². The summed E-state index contributed by atoms with van der Waals surface area (Å²) in [4.78, 5) is 25.4. The van der Waals surface area contributed by atoms with Crippen LogP contribution in [0, 0.1) is 5.92 Å². The van der Waals surface area contributed by atoms with E-state index < -0.39 is 6.04 Å². The van der Waals surface area contributed by atoms with Crippen LogP contribution in [0.3, 0.4) is 0 Å². The molecule has 35 heavy (non-hydrogen) atoms. The quantitative estimate of drug-likeness (QED) is 0.228. The van der Waals surface area contributed by atoms with Crippen molar-refractivity contribution in [3.8, 4) is 0 Å². The van der Waals surface area contributed by atoms with E-state index in [1.54, 1.807) is 48.5 Å². The number of hydrogen-bond acceptors (Lipinski definition) is 5. The number of allylic oxidation sites excluding steroid dienone is 1. The van der Waals surface area contributed by atoms with Gasteiger partial charge in [0.25, 0.3) is 5.91 Å². The van der Waals surface area contributed by atoms with Crippen LogP contribution in [-0.2, 0) is 11.3 Å². The molecule has 1 atom stereocenters. The number of amides is 2. The highest BCUT2D eigenvalue weighted by atomic mass is 35.5. The zero-order chi connectivity index (χ0) is 25.5. The minimum Gasteiger partial charge on any atom is -0.342 e. The normalized spacial score (nSPS) is 11.8. The molecule has 0 spiro atoms. The first kappa shape index (κ1) is 27.1. The van der Waals surface area contributed by atoms with Gasteiger partial charge in [-0.3, -0.25) is 9.59 Å². The first-order chi connectivity index (χ1) is 16.7. The topological polar surface area (TPSA) is 88.9 Å². The summed E-state index contributed by atoms with van der Waals surface area (Å²) in [6, 6.07) is 11.4. The van der Waals surface area contributed by atoms with Gasteiger partial charge in [0.2, 0.25) is 5.91 Å². The van der Waals surface area contributed by atoms with E-state index in [1.807, 2.05) is 18.4 Å². The molecule has 2 amide bonds. The van der Waals surface area contributed by atoms with Crippen molar-refractivity contribution in [2.75, 3.05) is 11.1 Å². The van der Waals surface area contributed by atoms with Gasteiger partial charge in [0.05, 0.1) is 38.1 Å². The van der Waals surface area contributed by atoms with Crippen molar-refractivity contribution in [3.05, 3.63) is 81.6 Å². The largest absolute Gasteiger partial charge is 0.342 e. The number of anilines is 1. The Hall–Kier alpha value is -2.52. The molecule has 1 heterocycles. The smallest absolute Gasteiger partial charge is 0.253 e. The van der Waals surface area contributed by atoms with Crippen LogP contribution in [0.1, 0.15) is 36.1 Å². The van der Waals surface area contributed by atoms with Crippen molar-refractivity contribution in [1.82, 2.24) is 20.1 Å². The Kier molecular flexibility index (Phi) is 9.63. The Morgan fingerprint density at radius 1 is 1.09 bits per heavy atom. The number of halogens is 3. The first-order valence-electron chi connectivity index (χ1n) is 10.7. The van der Waals surface area contributed by atoms with Gasteiger partial charge in [0.15, 0.2) is 11.0 Å². The fraction of sp³-hybridized carbons (Fsp3) is 0.250. The molecule has 0 aliphatic rings. The van der Waals surface area contributed by atoms with Gasteiger partial charge >= 0.3 is 0 Å². The highest BCUT2D eigenvalue weighted by Gasteiger charge is 2.27. The van der Waals surface area contributed by atoms with Crippen LogP contribution in [0.5, 0.6) is 0 Å². The third kappa shape index (κ3) is 6.79. The zero-order valence-electron chi connectivity index (χ0n) is 19.1. The van der Waals surface area contributed by atoms with E-state index in [4.69, 9.17) is 34.8 Å². The average molecular weight is 553 g/mol. The Bertz CT molecular complexity index is 1230. The van der Waals surface area contributed by atoms with Gasteiger partial charge in [-0.1, -0.05) is 84.7 Å². The first-order valence-corrected chi connectivity index (χ1v) is 12.8. The second-order valence-corrected chi connectivity index (χ2v) is 9.99. The average Bonchev–Trinajstić information content (AvgIpc) is 3.21. The molecule has 2 N–H and O–H groups in total. The minimum absolute atomic E-state index is 0.000299. The summed E-state index contributed by atoms with van der Waals surface area (Å²) in [7, 11) is 0. The highest BCUT2D eigenvalue weighted by molar-refractivity contribution is 7.99. The van der Waals surface area contributed by atoms with E-state index in [0.717, 1.165) is 0 Å². The second-order valence-electron chi connectivity index (χ2n) is 7.85. The van der Waals surface area contributed by atoms with Crippen LogP contribution in [-0.4, -0.2) is 32.3 Å². The molecule has 0 aliphatic carbocycles. The van der Waals surface area contributed by atoms with E-state index in [-0.39, 0.29) is 28.5 Å². The number of thioether (sulfide) groups is 1. The van der Waals surface area contributed by atoms with Crippen molar-refractivity contribution in [3.63, 3.8) is 0 Å². The predicted molar refractivity (Wildman–Crippen MR) is 143 cm³/mol. The molecule has 7 nitrogen and oxygen atoms in total. The lowest BCUT2D eigenvalue weighted by molar-refractivity contribution is -0.113. The lowest BCUT2D eigenvalue weighted by Crippen LogP contribution is -2.34. The van der Waals surface area contributed by atoms with Crippen LogP contribution >= 0.6 is 46.6 Å². The summed E-state index contributed by atoms with van der Waals surface area (Å²) >= 11 is 19.6. The van der Waals surface area contributed by atoms with Gasteiger partial charge in [-0.25, -0.2) is 0 Å². The Labute approximate surface area is 223 Å². The monoisotopic (exact) mass is 551 g/mol. The van der Waals surface area contributed by atoms with Gasteiger partial charge in [-0.05, 0) is 30.2 Å². The predicted octanol–water partition coefficient (Wildman–Crippen LogP) is 6.28. The summed E-state index contributed by atoms with van der Waals surface area (Å²) < 4.78 is 1.83. The molecular weight excluding hydrogens is 529 g/mol. The Morgan fingerprint density at radius 3 is 2.49 bits per heavy atom. The number of carbonyl (C=O) groups is 2. The number of nitrogens with one attached hydrogen (secondary N) is 2. The maximum absolute atomic E-state index is 12.9. The lowest BCUT2D eigenvalue weighted by Gasteiger charge is -2.23. The van der Waals surface area contributed by atoms with Crippen molar-refractivity contribution in [2.24, 2.45) is 5.92 Å². The van der Waals surface area contributed by atoms with Gasteiger partial charge in [-0.2, -0.15) is 0 Å². The van der Waals surface area contributed by atoms with E-state index in [2.05, 4.69) is 27.4 Å². The van der Waals surface area contributed by atoms with Gasteiger partial charge < -0.3 is 15.2 Å². The summed E-state index contributed by atoms with van der Waals surface area (Å²) in [6.07, 6.45) is 1.70. The molecule has 0 fully saturated rings. The fourth-order valence-electron chi connectivity index (χ4n) is 3.25. The molecule has 0 bridgehead atoms. The molecule has 0 saturated carbocycles. The van der Waals surface area contributed by atoms with Crippen LogP contribution in [0.25, 0.3) is 0 Å². The van der Waals surface area contributed by atoms with Crippen molar-refractivity contribution >= 4 is 64.1 Å². The zero-order valence-corrected chi connectivity index (χ0v) is 22.2. The van der Waals surface area contributed by atoms with E-state index in [9.17, 15) is 9.59 Å². The summed E-state index contributed by atoms with van der Waals surface area (Å²) in [5, 5.41) is 15.9. The molecule has 3 aromatic rings. The van der Waals surface area contributed by atoms with Gasteiger partial charge in [0.1, 0.15) is 0 Å². The van der Waals surface area contributed by atoms with Crippen LogP contribution < -0.4 is 10.6 Å². The van der Waals surface area contributed by atoms with Crippen molar-refractivity contribution in [2.45, 2.75) is 31.6 Å². The van der Waals surface area contributed by atoms with Crippen molar-refractivity contribution < 1.29 is 9.59 Å². The third-order valence-corrected chi connectivity index (χ3v) is 7.08. The van der Waals surface area contributed by atoms with Crippen LogP contribution in [0.4, 0.5) is 5.69 Å². The number of nitrogens with zero attached hydrogens (tertiary/aromatic N) is 3. The number of aromatic nitrogens is 3. The molecule has 0 radical (unpaired) electrons. The third-order valence-electron chi connectivity index (χ3n) is 4.97. The molecule has 1 unspecified atom stereocenters. The standard InChI is InChI=1S/C24H24Cl3N5O2S/c1-4-12-32-22(21(14(2)3)29-23(34)15-8-5-6-9-16(15)25)30-31-24(32)35-13-19(33)28-18-11-7-10-17(26)20(18)27/h4-11,14,21H,1,12-13H2,2-3H3,(H,28,33)(H,29,34). The van der Waals surface area contributed by atoms with Crippen molar-refractivity contribution in [1.29, 1.82) is 0 Å². The highest BCUT2D eigenvalue weighted by Crippen LogP contribution is 2.30. The fourth-order valence-corrected chi connectivity index (χ4v) is 4.57. The molecule has 1 aromatic heterocycles. The van der Waals surface area contributed by atoms with Crippen LogP contribution in [0.2, 0.25) is 15.1 Å². The van der Waals surface area contributed by atoms with Gasteiger partial charge in [0, 0.05) is 6.54 Å². The number of hydrogen-bond donors (Lipinski definition) is 2. The van der Waals surface area contributed by atoms with Gasteiger partial charge in [-0.15, -0.1) is 16.8 Å². The number of rotatable bonds is 10. The van der Waals surface area contributed by atoms with E-state index in [1.165, 1.54) is 11.8 Å². The van der Waals surface area contributed by atoms with E-state index >= 15 is 0 Å². The Morgan fingerprint density at radius 2 is 1.80 bits per heavy atom. The van der Waals surface area contributed by atoms with Crippen LogP contribution in [0.15, 0.2) is 60.3 Å².